The maximum absolute atomic E-state index is 11.2. The van der Waals surface area contributed by atoms with E-state index in [0.717, 1.165) is 0 Å². The smallest absolute Gasteiger partial charge is 0.335 e. The Balaban J connectivity index is 2.54. The van der Waals surface area contributed by atoms with Crippen LogP contribution in [0.15, 0.2) is 36.5 Å². The fourth-order valence-corrected chi connectivity index (χ4v) is 2.06. The molecule has 102 valence electrons. The summed E-state index contributed by atoms with van der Waals surface area (Å²) in [6.07, 6.45) is 1.71. The summed E-state index contributed by atoms with van der Waals surface area (Å²) in [5.41, 5.74) is 2.01. The molecule has 6 heteroatoms. The van der Waals surface area contributed by atoms with E-state index in [0.29, 0.717) is 23.2 Å². The molecule has 0 atom stereocenters. The Kier molecular flexibility index (Phi) is 3.74. The SMILES string of the molecule is CCc1c(C(=O)O)cccc1-c1ccc([N+](=O)[O-])cn1. The van der Waals surface area contributed by atoms with Gasteiger partial charge in [0, 0.05) is 11.6 Å². The number of hydrogen-bond acceptors (Lipinski definition) is 4. The van der Waals surface area contributed by atoms with Crippen LogP contribution < -0.4 is 0 Å². The minimum atomic E-state index is -0.995. The summed E-state index contributed by atoms with van der Waals surface area (Å²) in [6, 6.07) is 7.82. The lowest BCUT2D eigenvalue weighted by molar-refractivity contribution is -0.385. The molecule has 1 aromatic carbocycles. The summed E-state index contributed by atoms with van der Waals surface area (Å²) < 4.78 is 0. The first-order chi connectivity index (χ1) is 9.54. The van der Waals surface area contributed by atoms with Crippen molar-refractivity contribution in [2.24, 2.45) is 0 Å². The molecule has 6 nitrogen and oxygen atoms in total. The van der Waals surface area contributed by atoms with Crippen molar-refractivity contribution in [3.8, 4) is 11.3 Å². The molecular formula is C14H12N2O4. The molecule has 0 saturated heterocycles. The number of hydrogen-bond donors (Lipinski definition) is 1. The molecule has 2 rings (SSSR count). The van der Waals surface area contributed by atoms with Crippen molar-refractivity contribution in [2.45, 2.75) is 13.3 Å². The molecule has 0 amide bonds. The number of nitrogens with zero attached hydrogens (tertiary/aromatic N) is 2. The van der Waals surface area contributed by atoms with Gasteiger partial charge in [0.05, 0.1) is 16.2 Å². The molecule has 0 aliphatic rings. The lowest BCUT2D eigenvalue weighted by Crippen LogP contribution is -2.04. The van der Waals surface area contributed by atoms with Gasteiger partial charge < -0.3 is 5.11 Å². The summed E-state index contributed by atoms with van der Waals surface area (Å²) >= 11 is 0. The Morgan fingerprint density at radius 1 is 1.35 bits per heavy atom. The fraction of sp³-hybridized carbons (Fsp3) is 0.143. The zero-order chi connectivity index (χ0) is 14.7. The van der Waals surface area contributed by atoms with Crippen molar-refractivity contribution in [3.05, 3.63) is 57.8 Å². The van der Waals surface area contributed by atoms with E-state index in [2.05, 4.69) is 4.98 Å². The molecule has 1 aromatic heterocycles. The van der Waals surface area contributed by atoms with Gasteiger partial charge in [-0.3, -0.25) is 10.1 Å². The van der Waals surface area contributed by atoms with Gasteiger partial charge in [0.25, 0.3) is 5.69 Å². The molecule has 0 radical (unpaired) electrons. The monoisotopic (exact) mass is 272 g/mol. The summed E-state index contributed by atoms with van der Waals surface area (Å²) in [7, 11) is 0. The van der Waals surface area contributed by atoms with E-state index in [-0.39, 0.29) is 11.3 Å². The van der Waals surface area contributed by atoms with Crippen LogP contribution in [-0.2, 0) is 6.42 Å². The number of nitro groups is 1. The van der Waals surface area contributed by atoms with Crippen molar-refractivity contribution in [2.75, 3.05) is 0 Å². The van der Waals surface area contributed by atoms with E-state index >= 15 is 0 Å². The lowest BCUT2D eigenvalue weighted by Gasteiger charge is -2.10. The topological polar surface area (TPSA) is 93.3 Å². The van der Waals surface area contributed by atoms with Crippen LogP contribution in [0.2, 0.25) is 0 Å². The van der Waals surface area contributed by atoms with Gasteiger partial charge in [-0.25, -0.2) is 9.78 Å². The normalized spacial score (nSPS) is 10.2. The lowest BCUT2D eigenvalue weighted by atomic mass is 9.96. The number of rotatable bonds is 4. The Hall–Kier alpha value is -2.76. The van der Waals surface area contributed by atoms with Gasteiger partial charge in [-0.05, 0) is 24.1 Å². The number of carboxylic acid groups (broad SMARTS) is 1. The fourth-order valence-electron chi connectivity index (χ4n) is 2.06. The highest BCUT2D eigenvalue weighted by molar-refractivity contribution is 5.92. The van der Waals surface area contributed by atoms with Gasteiger partial charge in [-0.2, -0.15) is 0 Å². The van der Waals surface area contributed by atoms with Gasteiger partial charge >= 0.3 is 5.97 Å². The third-order valence-corrected chi connectivity index (χ3v) is 2.99. The minimum Gasteiger partial charge on any atom is -0.478 e. The van der Waals surface area contributed by atoms with Crippen LogP contribution in [0.5, 0.6) is 0 Å². The summed E-state index contributed by atoms with van der Waals surface area (Å²) in [4.78, 5) is 25.3. The first-order valence-corrected chi connectivity index (χ1v) is 6.00. The van der Waals surface area contributed by atoms with E-state index in [1.807, 2.05) is 6.92 Å². The highest BCUT2D eigenvalue weighted by Gasteiger charge is 2.15. The van der Waals surface area contributed by atoms with Gasteiger partial charge in [0.15, 0.2) is 0 Å². The first-order valence-electron chi connectivity index (χ1n) is 6.00. The zero-order valence-electron chi connectivity index (χ0n) is 10.7. The quantitative estimate of drug-likeness (QED) is 0.682. The van der Waals surface area contributed by atoms with Gasteiger partial charge in [-0.1, -0.05) is 19.1 Å². The molecule has 2 aromatic rings. The highest BCUT2D eigenvalue weighted by atomic mass is 16.6. The van der Waals surface area contributed by atoms with Crippen LogP contribution in [0.25, 0.3) is 11.3 Å². The van der Waals surface area contributed by atoms with Crippen LogP contribution in [0, 0.1) is 10.1 Å². The Morgan fingerprint density at radius 3 is 2.60 bits per heavy atom. The van der Waals surface area contributed by atoms with Crippen LogP contribution in [0.4, 0.5) is 5.69 Å². The summed E-state index contributed by atoms with van der Waals surface area (Å²) in [5, 5.41) is 19.8. The molecule has 0 bridgehead atoms. The first kappa shape index (κ1) is 13.7. The predicted octanol–water partition coefficient (Wildman–Crippen LogP) is 2.92. The minimum absolute atomic E-state index is 0.0961. The van der Waals surface area contributed by atoms with Crippen molar-refractivity contribution in [1.29, 1.82) is 0 Å². The number of aromatic nitrogens is 1. The van der Waals surface area contributed by atoms with E-state index in [4.69, 9.17) is 0 Å². The molecule has 1 heterocycles. The maximum atomic E-state index is 11.2. The standard InChI is InChI=1S/C14H12N2O4/c1-2-10-11(4-3-5-12(10)14(17)18)13-7-6-9(8-15-13)16(19)20/h3-8H,2H2,1H3,(H,17,18). The Labute approximate surface area is 114 Å². The molecule has 0 saturated carbocycles. The van der Waals surface area contributed by atoms with Gasteiger partial charge in [0.2, 0.25) is 0 Å². The van der Waals surface area contributed by atoms with Crippen LogP contribution in [-0.4, -0.2) is 21.0 Å². The summed E-state index contributed by atoms with van der Waals surface area (Å²) in [5.74, 6) is -0.995. The second-order valence-corrected chi connectivity index (χ2v) is 4.15. The van der Waals surface area contributed by atoms with Crippen LogP contribution >= 0.6 is 0 Å². The number of carboxylic acids is 1. The van der Waals surface area contributed by atoms with E-state index in [1.54, 1.807) is 12.1 Å². The van der Waals surface area contributed by atoms with Crippen LogP contribution in [0.1, 0.15) is 22.8 Å². The molecule has 0 spiro atoms. The van der Waals surface area contributed by atoms with E-state index < -0.39 is 10.9 Å². The molecule has 1 N–H and O–H groups in total. The third-order valence-electron chi connectivity index (χ3n) is 2.99. The Morgan fingerprint density at radius 2 is 2.10 bits per heavy atom. The summed E-state index contributed by atoms with van der Waals surface area (Å²) in [6.45, 7) is 1.86. The zero-order valence-corrected chi connectivity index (χ0v) is 10.7. The highest BCUT2D eigenvalue weighted by Crippen LogP contribution is 2.26. The second kappa shape index (κ2) is 5.48. The number of benzene rings is 1. The van der Waals surface area contributed by atoms with Crippen molar-refractivity contribution < 1.29 is 14.8 Å². The number of aromatic carboxylic acids is 1. The molecule has 0 fully saturated rings. The van der Waals surface area contributed by atoms with E-state index in [1.165, 1.54) is 24.4 Å². The van der Waals surface area contributed by atoms with Crippen LogP contribution in [0.3, 0.4) is 0 Å². The molecule has 0 unspecified atom stereocenters. The van der Waals surface area contributed by atoms with Crippen molar-refractivity contribution in [3.63, 3.8) is 0 Å². The molecule has 20 heavy (non-hydrogen) atoms. The van der Waals surface area contributed by atoms with E-state index in [9.17, 15) is 20.0 Å². The molecule has 0 aliphatic carbocycles. The largest absolute Gasteiger partial charge is 0.478 e. The van der Waals surface area contributed by atoms with Gasteiger partial charge in [0.1, 0.15) is 6.20 Å². The van der Waals surface area contributed by atoms with Crippen molar-refractivity contribution in [1.82, 2.24) is 4.98 Å². The van der Waals surface area contributed by atoms with Gasteiger partial charge in [-0.15, -0.1) is 0 Å². The average Bonchev–Trinajstić information content (AvgIpc) is 2.46. The average molecular weight is 272 g/mol. The number of pyridine rings is 1. The van der Waals surface area contributed by atoms with Crippen molar-refractivity contribution >= 4 is 11.7 Å². The third kappa shape index (κ3) is 2.49. The Bertz CT molecular complexity index is 665. The maximum Gasteiger partial charge on any atom is 0.335 e. The number of carbonyl (C=O) groups is 1. The molecule has 0 aliphatic heterocycles. The second-order valence-electron chi connectivity index (χ2n) is 4.15. The molecular weight excluding hydrogens is 260 g/mol. The predicted molar refractivity (Wildman–Crippen MR) is 72.7 cm³/mol.